The third-order valence-corrected chi connectivity index (χ3v) is 6.04. The molecule has 0 saturated carbocycles. The average molecular weight is 554 g/mol. The fourth-order valence-electron chi connectivity index (χ4n) is 4.05. The number of rotatable bonds is 16. The molecule has 3 unspecified atom stereocenters. The van der Waals surface area contributed by atoms with Crippen LogP contribution >= 0.6 is 0 Å². The van der Waals surface area contributed by atoms with Gasteiger partial charge in [-0.05, 0) is 48.8 Å². The van der Waals surface area contributed by atoms with Crippen LogP contribution in [0.1, 0.15) is 83.3 Å². The first-order chi connectivity index (χ1) is 17.8. The van der Waals surface area contributed by atoms with Crippen LogP contribution in [0.5, 0.6) is 0 Å². The Balaban J connectivity index is 0.00000722. The monoisotopic (exact) mass is 553 g/mol. The number of esters is 1. The van der Waals surface area contributed by atoms with Gasteiger partial charge in [0.2, 0.25) is 6.29 Å². The van der Waals surface area contributed by atoms with E-state index in [0.29, 0.717) is 19.3 Å². The normalized spacial score (nSPS) is 14.9. The van der Waals surface area contributed by atoms with E-state index in [4.69, 9.17) is 19.3 Å². The Morgan fingerprint density at radius 2 is 1.74 bits per heavy atom. The number of benzene rings is 1. The molecule has 8 nitrogen and oxygen atoms in total. The number of carboxylic acid groups (broad SMARTS) is 1. The van der Waals surface area contributed by atoms with E-state index < -0.39 is 24.4 Å². The summed E-state index contributed by atoms with van der Waals surface area (Å²) in [5.74, 6) is -1.44. The van der Waals surface area contributed by atoms with Gasteiger partial charge in [0, 0.05) is 19.8 Å². The Hall–Kier alpha value is -1.49. The molecule has 38 heavy (non-hydrogen) atoms. The van der Waals surface area contributed by atoms with Crippen molar-refractivity contribution in [3.63, 3.8) is 0 Å². The third-order valence-electron chi connectivity index (χ3n) is 6.04. The van der Waals surface area contributed by atoms with Crippen LogP contribution < -0.4 is 51.4 Å². The summed E-state index contributed by atoms with van der Waals surface area (Å²) >= 11 is 0. The van der Waals surface area contributed by atoms with Crippen LogP contribution in [0, 0.1) is 0 Å². The fourth-order valence-corrected chi connectivity index (χ4v) is 4.05. The summed E-state index contributed by atoms with van der Waals surface area (Å²) in [6.07, 6.45) is 9.75. The molecule has 2 rings (SSSR count). The van der Waals surface area contributed by atoms with Gasteiger partial charge in [0.1, 0.15) is 6.10 Å². The van der Waals surface area contributed by atoms with Gasteiger partial charge in [-0.1, -0.05) is 69.2 Å². The number of hydrogen-bond acceptors (Lipinski definition) is 6. The topological polar surface area (TPSA) is 113 Å². The molecule has 204 valence electrons. The first kappa shape index (κ1) is 34.5. The summed E-state index contributed by atoms with van der Waals surface area (Å²) in [7, 11) is 0. The summed E-state index contributed by atoms with van der Waals surface area (Å²) in [6.45, 7) is 5.57. The van der Waals surface area contributed by atoms with E-state index in [-0.39, 0.29) is 82.9 Å². The molecule has 0 saturated heterocycles. The van der Waals surface area contributed by atoms with Crippen LogP contribution in [0.4, 0.5) is 4.79 Å². The minimum absolute atomic E-state index is 0. The zero-order valence-electron chi connectivity index (χ0n) is 23.2. The van der Waals surface area contributed by atoms with Gasteiger partial charge < -0.3 is 24.6 Å². The van der Waals surface area contributed by atoms with E-state index in [2.05, 4.69) is 35.7 Å². The first-order valence-electron chi connectivity index (χ1n) is 13.2. The van der Waals surface area contributed by atoms with Gasteiger partial charge >= 0.3 is 69.5 Å². The Bertz CT molecular complexity index is 929. The van der Waals surface area contributed by atoms with Crippen LogP contribution in [0.2, 0.25) is 0 Å². The number of hydrogen-bond donors (Lipinski definition) is 1. The van der Waals surface area contributed by atoms with Crippen LogP contribution in [0.25, 0.3) is 10.9 Å². The van der Waals surface area contributed by atoms with Crippen molar-refractivity contribution in [2.75, 3.05) is 6.54 Å². The summed E-state index contributed by atoms with van der Waals surface area (Å²) in [6, 6.07) is 7.98. The van der Waals surface area contributed by atoms with E-state index >= 15 is 0 Å². The zero-order valence-corrected chi connectivity index (χ0v) is 26.3. The van der Waals surface area contributed by atoms with E-state index in [1.165, 1.54) is 12.5 Å². The van der Waals surface area contributed by atoms with Gasteiger partial charge in [-0.15, -0.1) is 12.6 Å². The number of allylic oxidation sites excluding steroid dienone is 4. The van der Waals surface area contributed by atoms with E-state index in [1.807, 2.05) is 26.0 Å². The second kappa shape index (κ2) is 19.5. The molecule has 0 bridgehead atoms. The van der Waals surface area contributed by atoms with Crippen LogP contribution in [0.3, 0.4) is 0 Å². The zero-order chi connectivity index (χ0) is 27.0. The molecule has 0 heterocycles. The maximum absolute atomic E-state index is 12.4. The smallest absolute Gasteiger partial charge is 0.659 e. The molecule has 0 aliphatic heterocycles. The number of ether oxygens (including phenoxy) is 3. The predicted molar refractivity (Wildman–Crippen MR) is 142 cm³/mol. The van der Waals surface area contributed by atoms with Crippen molar-refractivity contribution in [3.05, 3.63) is 58.9 Å². The van der Waals surface area contributed by atoms with Crippen LogP contribution in [-0.4, -0.2) is 48.2 Å². The maximum Gasteiger partial charge on any atom is 1.00 e. The quantitative estimate of drug-likeness (QED) is 0.189. The summed E-state index contributed by atoms with van der Waals surface area (Å²) in [5.41, 5.74) is 3.41. The van der Waals surface area contributed by atoms with Gasteiger partial charge in [0.15, 0.2) is 0 Å². The Morgan fingerprint density at radius 3 is 2.34 bits per heavy atom. The van der Waals surface area contributed by atoms with Gasteiger partial charge in [-0.25, -0.2) is 4.79 Å². The largest absolute Gasteiger partial charge is 1.00 e. The number of aliphatic carboxylic acids is 1. The SMILES string of the molecule is CCCC(CC)OC(=O)OC(C)OC(=O)CCC(Cc1ccc(C2=CCCC=C2)cc1)[N-]CCC(=O)O.[K+]. The molecule has 0 spiro atoms. The Morgan fingerprint density at radius 1 is 1.00 bits per heavy atom. The van der Waals surface area contributed by atoms with Gasteiger partial charge in [-0.2, -0.15) is 0 Å². The molecular weight excluding hydrogens is 513 g/mol. The second-order valence-corrected chi connectivity index (χ2v) is 9.14. The number of carbonyl (C=O) groups excluding carboxylic acids is 2. The number of nitrogens with zero attached hydrogens (tertiary/aromatic N) is 1. The fraction of sp³-hybridized carbons (Fsp3) is 0.552. The average Bonchev–Trinajstić information content (AvgIpc) is 2.87. The first-order valence-corrected chi connectivity index (χ1v) is 13.2. The molecule has 1 aliphatic carbocycles. The predicted octanol–water partition coefficient (Wildman–Crippen LogP) is 3.58. The van der Waals surface area contributed by atoms with Crippen molar-refractivity contribution in [1.82, 2.24) is 0 Å². The molecule has 1 aromatic carbocycles. The maximum atomic E-state index is 12.4. The molecule has 0 amide bonds. The minimum Gasteiger partial charge on any atom is -0.659 e. The molecule has 9 heteroatoms. The molecule has 0 aromatic heterocycles. The molecule has 0 radical (unpaired) electrons. The second-order valence-electron chi connectivity index (χ2n) is 9.14. The van der Waals surface area contributed by atoms with Crippen molar-refractivity contribution in [3.8, 4) is 0 Å². The molecule has 1 aliphatic rings. The summed E-state index contributed by atoms with van der Waals surface area (Å²) < 4.78 is 15.5. The van der Waals surface area contributed by atoms with E-state index in [9.17, 15) is 14.4 Å². The van der Waals surface area contributed by atoms with E-state index in [1.54, 1.807) is 0 Å². The number of carboxylic acids is 1. The van der Waals surface area contributed by atoms with Crippen LogP contribution in [-0.2, 0) is 30.2 Å². The van der Waals surface area contributed by atoms with Crippen molar-refractivity contribution in [2.24, 2.45) is 0 Å². The Labute approximate surface area is 269 Å². The minimum atomic E-state index is -1.07. The van der Waals surface area contributed by atoms with Crippen molar-refractivity contribution < 1.29 is 85.1 Å². The van der Waals surface area contributed by atoms with Crippen molar-refractivity contribution >= 4 is 23.7 Å². The molecular formula is C29H40KNO7. The summed E-state index contributed by atoms with van der Waals surface area (Å²) in [5, 5.41) is 13.5. The van der Waals surface area contributed by atoms with Gasteiger partial charge in [0.05, 0.1) is 0 Å². The molecule has 1 aromatic rings. The standard InChI is InChI=1S/C29H40NO7.K/c1-4-9-26(5-2)37-29(34)36-21(3)35-28(33)17-16-25(30-19-18-27(31)32)20-22-12-14-24(15-13-22)23-10-7-6-8-11-23;/h7,10-15,21,25-26H,4-6,8-9,16-20H2,1-3H3,(H,31,32);/q-1;+1. The van der Waals surface area contributed by atoms with Crippen LogP contribution in [0.15, 0.2) is 42.5 Å². The van der Waals surface area contributed by atoms with E-state index in [0.717, 1.165) is 36.8 Å². The summed E-state index contributed by atoms with van der Waals surface area (Å²) in [4.78, 5) is 35.2. The molecule has 1 N–H and O–H groups in total. The van der Waals surface area contributed by atoms with Gasteiger partial charge in [0.25, 0.3) is 0 Å². The third kappa shape index (κ3) is 14.1. The van der Waals surface area contributed by atoms with Crippen molar-refractivity contribution in [2.45, 2.75) is 97.0 Å². The number of carbonyl (C=O) groups is 3. The molecule has 0 fully saturated rings. The van der Waals surface area contributed by atoms with Crippen molar-refractivity contribution in [1.29, 1.82) is 0 Å². The Kier molecular flexibility index (Phi) is 17.8. The molecule has 3 atom stereocenters. The van der Waals surface area contributed by atoms with Gasteiger partial charge in [-0.3, -0.25) is 9.59 Å².